The third kappa shape index (κ3) is 1.82. The van der Waals surface area contributed by atoms with Crippen LogP contribution in [0.3, 0.4) is 0 Å². The molecule has 3 nitrogen and oxygen atoms in total. The van der Waals surface area contributed by atoms with Crippen molar-refractivity contribution in [2.45, 2.75) is 12.3 Å². The zero-order valence-corrected chi connectivity index (χ0v) is 10.4. The highest BCUT2D eigenvalue weighted by Crippen LogP contribution is 2.27. The summed E-state index contributed by atoms with van der Waals surface area (Å²) in [6, 6.07) is 6.83. The minimum Gasteiger partial charge on any atom is -0.331 e. The van der Waals surface area contributed by atoms with E-state index >= 15 is 0 Å². The quantitative estimate of drug-likeness (QED) is 0.880. The Labute approximate surface area is 106 Å². The van der Waals surface area contributed by atoms with Crippen LogP contribution < -0.4 is 5.32 Å². The highest BCUT2D eigenvalue weighted by Gasteiger charge is 2.22. The van der Waals surface area contributed by atoms with E-state index in [1.807, 2.05) is 17.7 Å². The molecule has 1 atom stereocenters. The monoisotopic (exact) mass is 245 g/mol. The summed E-state index contributed by atoms with van der Waals surface area (Å²) < 4.78 is 15.8. The molecule has 2 heterocycles. The molecule has 3 rings (SSSR count). The molecule has 1 aliphatic rings. The molecule has 2 aromatic rings. The fraction of sp³-hybridized carbons (Fsp3) is 0.357. The van der Waals surface area contributed by atoms with Gasteiger partial charge in [0.05, 0.1) is 11.9 Å². The normalized spacial score (nSPS) is 19.3. The van der Waals surface area contributed by atoms with Crippen molar-refractivity contribution in [3.63, 3.8) is 0 Å². The fourth-order valence-corrected chi connectivity index (χ4v) is 2.60. The molecule has 1 aromatic carbocycles. The zero-order valence-electron chi connectivity index (χ0n) is 10.4. The number of rotatable bonds is 2. The van der Waals surface area contributed by atoms with Gasteiger partial charge < -0.3 is 9.88 Å². The van der Waals surface area contributed by atoms with E-state index in [1.165, 1.54) is 6.07 Å². The van der Waals surface area contributed by atoms with E-state index in [1.54, 1.807) is 18.3 Å². The molecule has 0 spiro atoms. The smallest absolute Gasteiger partial charge is 0.132 e. The summed E-state index contributed by atoms with van der Waals surface area (Å²) in [5.74, 6) is 1.28. The largest absolute Gasteiger partial charge is 0.331 e. The number of hydrogen-bond acceptors (Lipinski definition) is 2. The number of hydrogen-bond donors (Lipinski definition) is 1. The van der Waals surface area contributed by atoms with Gasteiger partial charge in [0.15, 0.2) is 0 Å². The Kier molecular flexibility index (Phi) is 2.88. The van der Waals surface area contributed by atoms with Crippen LogP contribution in [0.1, 0.15) is 18.2 Å². The van der Waals surface area contributed by atoms with E-state index in [9.17, 15) is 4.39 Å². The second-order valence-corrected chi connectivity index (χ2v) is 4.73. The Morgan fingerprint density at radius 3 is 2.94 bits per heavy atom. The Morgan fingerprint density at radius 2 is 2.22 bits per heavy atom. The minimum atomic E-state index is -0.198. The Morgan fingerprint density at radius 1 is 1.39 bits per heavy atom. The van der Waals surface area contributed by atoms with Gasteiger partial charge in [-0.15, -0.1) is 0 Å². The lowest BCUT2D eigenvalue weighted by Gasteiger charge is -2.10. The van der Waals surface area contributed by atoms with Gasteiger partial charge in [-0.3, -0.25) is 0 Å². The van der Waals surface area contributed by atoms with Crippen molar-refractivity contribution in [2.24, 2.45) is 7.05 Å². The second-order valence-electron chi connectivity index (χ2n) is 4.73. The molecule has 1 aliphatic heterocycles. The van der Waals surface area contributed by atoms with Gasteiger partial charge in [0.2, 0.25) is 0 Å². The molecule has 0 radical (unpaired) electrons. The maximum absolute atomic E-state index is 13.8. The number of halogens is 1. The molecule has 0 amide bonds. The number of benzene rings is 1. The Balaban J connectivity index is 2.02. The van der Waals surface area contributed by atoms with Gasteiger partial charge in [0.25, 0.3) is 0 Å². The number of nitrogens with one attached hydrogen (secondary N) is 1. The predicted molar refractivity (Wildman–Crippen MR) is 68.8 cm³/mol. The van der Waals surface area contributed by atoms with Gasteiger partial charge in [-0.05, 0) is 25.1 Å². The summed E-state index contributed by atoms with van der Waals surface area (Å²) in [6.45, 7) is 1.99. The minimum absolute atomic E-state index is 0.198. The van der Waals surface area contributed by atoms with Crippen LogP contribution in [-0.4, -0.2) is 22.6 Å². The van der Waals surface area contributed by atoms with E-state index in [4.69, 9.17) is 0 Å². The van der Waals surface area contributed by atoms with Gasteiger partial charge in [-0.1, -0.05) is 12.1 Å². The molecule has 18 heavy (non-hydrogen) atoms. The molecule has 94 valence electrons. The van der Waals surface area contributed by atoms with Crippen molar-refractivity contribution in [1.29, 1.82) is 0 Å². The Hall–Kier alpha value is -1.68. The molecule has 0 bridgehead atoms. The van der Waals surface area contributed by atoms with Crippen LogP contribution in [0.4, 0.5) is 4.39 Å². The second kappa shape index (κ2) is 4.53. The molecule has 0 saturated carbocycles. The average Bonchev–Trinajstić information content (AvgIpc) is 2.99. The fourth-order valence-electron chi connectivity index (χ4n) is 2.60. The van der Waals surface area contributed by atoms with Crippen LogP contribution in [-0.2, 0) is 7.05 Å². The summed E-state index contributed by atoms with van der Waals surface area (Å²) in [5, 5.41) is 3.33. The van der Waals surface area contributed by atoms with Gasteiger partial charge in [0, 0.05) is 25.1 Å². The summed E-state index contributed by atoms with van der Waals surface area (Å²) in [5.41, 5.74) is 1.46. The maximum Gasteiger partial charge on any atom is 0.132 e. The van der Waals surface area contributed by atoms with E-state index < -0.39 is 0 Å². The topological polar surface area (TPSA) is 29.9 Å². The summed E-state index contributed by atoms with van der Waals surface area (Å²) in [4.78, 5) is 4.47. The van der Waals surface area contributed by atoms with Crippen LogP contribution in [0.5, 0.6) is 0 Å². The molecule has 1 fully saturated rings. The number of aromatic nitrogens is 2. The number of nitrogens with zero attached hydrogens (tertiary/aromatic N) is 2. The maximum atomic E-state index is 13.8. The van der Waals surface area contributed by atoms with Crippen molar-refractivity contribution in [2.75, 3.05) is 13.1 Å². The van der Waals surface area contributed by atoms with E-state index in [0.717, 1.165) is 31.0 Å². The first-order valence-corrected chi connectivity index (χ1v) is 6.24. The molecule has 1 unspecified atom stereocenters. The molecule has 1 saturated heterocycles. The molecular weight excluding hydrogens is 229 g/mol. The van der Waals surface area contributed by atoms with Crippen LogP contribution in [0.25, 0.3) is 11.3 Å². The van der Waals surface area contributed by atoms with Crippen LogP contribution in [0.15, 0.2) is 30.5 Å². The van der Waals surface area contributed by atoms with Crippen molar-refractivity contribution >= 4 is 0 Å². The van der Waals surface area contributed by atoms with E-state index in [-0.39, 0.29) is 5.82 Å². The lowest BCUT2D eigenvalue weighted by atomic mass is 10.1. The summed E-state index contributed by atoms with van der Waals surface area (Å²) >= 11 is 0. The summed E-state index contributed by atoms with van der Waals surface area (Å²) in [6.07, 6.45) is 2.87. The third-order valence-corrected chi connectivity index (χ3v) is 3.60. The molecule has 4 heteroatoms. The zero-order chi connectivity index (χ0) is 12.5. The van der Waals surface area contributed by atoms with Gasteiger partial charge in [-0.25, -0.2) is 9.37 Å². The van der Waals surface area contributed by atoms with Crippen molar-refractivity contribution < 1.29 is 4.39 Å². The average molecular weight is 245 g/mol. The van der Waals surface area contributed by atoms with Crippen LogP contribution in [0, 0.1) is 5.82 Å². The third-order valence-electron chi connectivity index (χ3n) is 3.60. The first kappa shape index (κ1) is 11.4. The number of imidazole rings is 1. The van der Waals surface area contributed by atoms with E-state index in [2.05, 4.69) is 10.3 Å². The lowest BCUT2D eigenvalue weighted by Crippen LogP contribution is -2.11. The first-order valence-electron chi connectivity index (χ1n) is 6.24. The predicted octanol–water partition coefficient (Wildman–Crippen LogP) is 2.30. The first-order chi connectivity index (χ1) is 8.77. The van der Waals surface area contributed by atoms with Gasteiger partial charge >= 0.3 is 0 Å². The van der Waals surface area contributed by atoms with Crippen molar-refractivity contribution in [3.8, 4) is 11.3 Å². The molecule has 1 aromatic heterocycles. The van der Waals surface area contributed by atoms with Gasteiger partial charge in [0.1, 0.15) is 11.6 Å². The van der Waals surface area contributed by atoms with Crippen molar-refractivity contribution in [1.82, 2.24) is 14.9 Å². The van der Waals surface area contributed by atoms with Crippen LogP contribution >= 0.6 is 0 Å². The lowest BCUT2D eigenvalue weighted by molar-refractivity contribution is 0.626. The van der Waals surface area contributed by atoms with E-state index in [0.29, 0.717) is 11.5 Å². The SMILES string of the molecule is Cn1c(-c2ccccc2F)cnc1C1CCNC1. The highest BCUT2D eigenvalue weighted by molar-refractivity contribution is 5.60. The van der Waals surface area contributed by atoms with Crippen molar-refractivity contribution in [3.05, 3.63) is 42.1 Å². The Bertz CT molecular complexity index is 556. The van der Waals surface area contributed by atoms with Gasteiger partial charge in [-0.2, -0.15) is 0 Å². The highest BCUT2D eigenvalue weighted by atomic mass is 19.1. The summed E-state index contributed by atoms with van der Waals surface area (Å²) in [7, 11) is 1.96. The standard InChI is InChI=1S/C14H16FN3/c1-18-13(11-4-2-3-5-12(11)15)9-17-14(18)10-6-7-16-8-10/h2-5,9-10,16H,6-8H2,1H3. The van der Waals surface area contributed by atoms with Crippen LogP contribution in [0.2, 0.25) is 0 Å². The molecule has 0 aliphatic carbocycles. The molecule has 1 N–H and O–H groups in total. The molecular formula is C14H16FN3.